The van der Waals surface area contributed by atoms with E-state index >= 15 is 0 Å². The first-order valence-electron chi connectivity index (χ1n) is 7.00. The number of β-amino-alcohol motifs (C(OH)–C–C–N with tert-alkyl or cyclic N) is 1. The molecule has 0 amide bonds. The summed E-state index contributed by atoms with van der Waals surface area (Å²) in [4.78, 5) is 2.26. The summed E-state index contributed by atoms with van der Waals surface area (Å²) in [5.74, 6) is 0. The number of hydrogen-bond acceptors (Lipinski definition) is 5. The molecule has 1 fully saturated rings. The standard InChI is InChI=1S/C13H28N2O3/c1-17-8-4-2-3-5-14-11-13(16)12-15-6-9-18-10-7-15/h13-14,16H,2-12H2,1H3. The molecule has 1 aliphatic rings. The molecular weight excluding hydrogens is 232 g/mol. The van der Waals surface area contributed by atoms with E-state index in [9.17, 15) is 5.11 Å². The third-order valence-corrected chi connectivity index (χ3v) is 3.15. The number of hydrogen-bond donors (Lipinski definition) is 2. The van der Waals surface area contributed by atoms with Gasteiger partial charge < -0.3 is 19.9 Å². The normalized spacial score (nSPS) is 19.0. The summed E-state index contributed by atoms with van der Waals surface area (Å²) in [5.41, 5.74) is 0. The minimum Gasteiger partial charge on any atom is -0.390 e. The van der Waals surface area contributed by atoms with Crippen LogP contribution < -0.4 is 5.32 Å². The third kappa shape index (κ3) is 8.00. The van der Waals surface area contributed by atoms with Gasteiger partial charge in [0.25, 0.3) is 0 Å². The second kappa shape index (κ2) is 10.7. The number of unbranched alkanes of at least 4 members (excludes halogenated alkanes) is 2. The molecule has 18 heavy (non-hydrogen) atoms. The summed E-state index contributed by atoms with van der Waals surface area (Å²) in [6, 6.07) is 0. The SMILES string of the molecule is COCCCCCNCC(O)CN1CCOCC1. The summed E-state index contributed by atoms with van der Waals surface area (Å²) in [6.45, 7) is 6.71. The van der Waals surface area contributed by atoms with Crippen LogP contribution >= 0.6 is 0 Å². The van der Waals surface area contributed by atoms with Gasteiger partial charge in [-0.1, -0.05) is 0 Å². The fraction of sp³-hybridized carbons (Fsp3) is 1.00. The predicted octanol–water partition coefficient (Wildman–Crippen LogP) is 0.0858. The average molecular weight is 260 g/mol. The summed E-state index contributed by atoms with van der Waals surface area (Å²) in [6.07, 6.45) is 3.17. The van der Waals surface area contributed by atoms with Crippen LogP contribution in [0.25, 0.3) is 0 Å². The molecule has 0 radical (unpaired) electrons. The highest BCUT2D eigenvalue weighted by Gasteiger charge is 2.14. The highest BCUT2D eigenvalue weighted by molar-refractivity contribution is 4.69. The Bertz CT molecular complexity index is 187. The minimum atomic E-state index is -0.276. The number of nitrogens with zero attached hydrogens (tertiary/aromatic N) is 1. The molecule has 5 heteroatoms. The van der Waals surface area contributed by atoms with Gasteiger partial charge in [-0.2, -0.15) is 0 Å². The minimum absolute atomic E-state index is 0.276. The quantitative estimate of drug-likeness (QED) is 0.545. The Kier molecular flexibility index (Phi) is 9.42. The maximum absolute atomic E-state index is 9.88. The third-order valence-electron chi connectivity index (χ3n) is 3.15. The fourth-order valence-corrected chi connectivity index (χ4v) is 2.09. The second-order valence-corrected chi connectivity index (χ2v) is 4.82. The molecule has 5 nitrogen and oxygen atoms in total. The second-order valence-electron chi connectivity index (χ2n) is 4.82. The highest BCUT2D eigenvalue weighted by atomic mass is 16.5. The van der Waals surface area contributed by atoms with Gasteiger partial charge in [0, 0.05) is 39.9 Å². The van der Waals surface area contributed by atoms with Gasteiger partial charge >= 0.3 is 0 Å². The number of aliphatic hydroxyl groups is 1. The Balaban J connectivity index is 1.88. The number of methoxy groups -OCH3 is 1. The molecule has 1 rings (SSSR count). The molecule has 0 spiro atoms. The van der Waals surface area contributed by atoms with Crippen molar-refractivity contribution in [1.82, 2.24) is 10.2 Å². The van der Waals surface area contributed by atoms with E-state index in [0.717, 1.165) is 58.8 Å². The Morgan fingerprint density at radius 1 is 1.28 bits per heavy atom. The van der Waals surface area contributed by atoms with E-state index in [2.05, 4.69) is 10.2 Å². The van der Waals surface area contributed by atoms with Gasteiger partial charge in [0.1, 0.15) is 0 Å². The molecule has 108 valence electrons. The number of morpholine rings is 1. The Hall–Kier alpha value is -0.200. The maximum Gasteiger partial charge on any atom is 0.0791 e. The van der Waals surface area contributed by atoms with Crippen molar-refractivity contribution in [2.24, 2.45) is 0 Å². The number of nitrogens with one attached hydrogen (secondary N) is 1. The average Bonchev–Trinajstić information content (AvgIpc) is 2.39. The summed E-state index contributed by atoms with van der Waals surface area (Å²) >= 11 is 0. The van der Waals surface area contributed by atoms with E-state index in [0.29, 0.717) is 6.54 Å². The van der Waals surface area contributed by atoms with Gasteiger partial charge in [-0.3, -0.25) is 4.90 Å². The molecule has 1 saturated heterocycles. The van der Waals surface area contributed by atoms with Gasteiger partial charge in [-0.05, 0) is 25.8 Å². The molecule has 1 heterocycles. The van der Waals surface area contributed by atoms with Gasteiger partial charge in [0.2, 0.25) is 0 Å². The van der Waals surface area contributed by atoms with Crippen molar-refractivity contribution < 1.29 is 14.6 Å². The van der Waals surface area contributed by atoms with Gasteiger partial charge in [0.15, 0.2) is 0 Å². The van der Waals surface area contributed by atoms with E-state index in [1.54, 1.807) is 7.11 Å². The lowest BCUT2D eigenvalue weighted by Gasteiger charge is -2.28. The summed E-state index contributed by atoms with van der Waals surface area (Å²) in [5, 5.41) is 13.2. The lowest BCUT2D eigenvalue weighted by atomic mass is 10.2. The van der Waals surface area contributed by atoms with Crippen LogP contribution in [0.3, 0.4) is 0 Å². The summed E-state index contributed by atoms with van der Waals surface area (Å²) in [7, 11) is 1.74. The predicted molar refractivity (Wildman–Crippen MR) is 71.9 cm³/mol. The molecule has 0 saturated carbocycles. The Morgan fingerprint density at radius 2 is 2.06 bits per heavy atom. The summed E-state index contributed by atoms with van der Waals surface area (Å²) < 4.78 is 10.3. The maximum atomic E-state index is 9.88. The molecule has 0 aromatic rings. The first-order valence-corrected chi connectivity index (χ1v) is 7.00. The zero-order valence-electron chi connectivity index (χ0n) is 11.6. The van der Waals surface area contributed by atoms with Crippen LogP contribution in [-0.2, 0) is 9.47 Å². The van der Waals surface area contributed by atoms with Crippen LogP contribution in [0.1, 0.15) is 19.3 Å². The zero-order chi connectivity index (χ0) is 13.1. The molecule has 0 bridgehead atoms. The molecular formula is C13H28N2O3. The van der Waals surface area contributed by atoms with Gasteiger partial charge in [-0.15, -0.1) is 0 Å². The Morgan fingerprint density at radius 3 is 2.78 bits per heavy atom. The zero-order valence-corrected chi connectivity index (χ0v) is 11.6. The highest BCUT2D eigenvalue weighted by Crippen LogP contribution is 1.98. The molecule has 0 aliphatic carbocycles. The fourth-order valence-electron chi connectivity index (χ4n) is 2.09. The smallest absolute Gasteiger partial charge is 0.0791 e. The topological polar surface area (TPSA) is 54.0 Å². The van der Waals surface area contributed by atoms with Crippen LogP contribution in [0.2, 0.25) is 0 Å². The molecule has 1 atom stereocenters. The van der Waals surface area contributed by atoms with Crippen molar-refractivity contribution >= 4 is 0 Å². The van der Waals surface area contributed by atoms with Crippen molar-refractivity contribution in [2.75, 3.05) is 59.7 Å². The van der Waals surface area contributed by atoms with Crippen LogP contribution in [0, 0.1) is 0 Å². The monoisotopic (exact) mass is 260 g/mol. The molecule has 1 aliphatic heterocycles. The number of rotatable bonds is 10. The molecule has 1 unspecified atom stereocenters. The first kappa shape index (κ1) is 15.9. The largest absolute Gasteiger partial charge is 0.390 e. The van der Waals surface area contributed by atoms with Gasteiger partial charge in [-0.25, -0.2) is 0 Å². The van der Waals surface area contributed by atoms with Crippen LogP contribution in [0.5, 0.6) is 0 Å². The van der Waals surface area contributed by atoms with Gasteiger partial charge in [0.05, 0.1) is 19.3 Å². The number of aliphatic hydroxyl groups excluding tert-OH is 1. The van der Waals surface area contributed by atoms with Crippen molar-refractivity contribution in [2.45, 2.75) is 25.4 Å². The van der Waals surface area contributed by atoms with E-state index in [1.165, 1.54) is 6.42 Å². The van der Waals surface area contributed by atoms with E-state index in [4.69, 9.17) is 9.47 Å². The van der Waals surface area contributed by atoms with Crippen molar-refractivity contribution in [3.05, 3.63) is 0 Å². The van der Waals surface area contributed by atoms with E-state index < -0.39 is 0 Å². The van der Waals surface area contributed by atoms with E-state index in [-0.39, 0.29) is 6.10 Å². The van der Waals surface area contributed by atoms with Crippen LogP contribution in [-0.4, -0.2) is 75.8 Å². The first-order chi connectivity index (χ1) is 8.83. The molecule has 2 N–H and O–H groups in total. The number of ether oxygens (including phenoxy) is 2. The lowest BCUT2D eigenvalue weighted by Crippen LogP contribution is -2.43. The molecule has 0 aromatic carbocycles. The van der Waals surface area contributed by atoms with Crippen LogP contribution in [0.15, 0.2) is 0 Å². The van der Waals surface area contributed by atoms with Crippen LogP contribution in [0.4, 0.5) is 0 Å². The van der Waals surface area contributed by atoms with E-state index in [1.807, 2.05) is 0 Å². The van der Waals surface area contributed by atoms with Crippen molar-refractivity contribution in [3.63, 3.8) is 0 Å². The lowest BCUT2D eigenvalue weighted by molar-refractivity contribution is 0.0149. The molecule has 0 aromatic heterocycles. The Labute approximate surface area is 110 Å². The van der Waals surface area contributed by atoms with Crippen molar-refractivity contribution in [3.8, 4) is 0 Å². The van der Waals surface area contributed by atoms with Crippen molar-refractivity contribution in [1.29, 1.82) is 0 Å².